The lowest BCUT2D eigenvalue weighted by Crippen LogP contribution is -2.54. The van der Waals surface area contributed by atoms with Gasteiger partial charge in [-0.05, 0) is 47.5 Å². The SMILES string of the molecule is C=CCOC(=O)[C@H](CN(Cc1ccc(OC)cc1)C[C@@H](NS(=O)(=O)c1ccc([N+](=O)[O-])cc1)C(=O)OC)NC(=O)OCc1ccc([N+](=O)[O-])cc1. The van der Waals surface area contributed by atoms with E-state index in [4.69, 9.17) is 18.9 Å². The van der Waals surface area contributed by atoms with Crippen molar-refractivity contribution in [3.8, 4) is 5.75 Å². The van der Waals surface area contributed by atoms with E-state index in [1.807, 2.05) is 0 Å². The van der Waals surface area contributed by atoms with Crippen LogP contribution in [-0.2, 0) is 47.0 Å². The Bertz CT molecular complexity index is 1800. The smallest absolute Gasteiger partial charge is 0.408 e. The van der Waals surface area contributed by atoms with Crippen LogP contribution in [0.5, 0.6) is 5.75 Å². The number of carbonyl (C=O) groups excluding carboxylic acids is 3. The molecule has 0 aliphatic carbocycles. The second-order valence-corrected chi connectivity index (χ2v) is 12.3. The zero-order valence-corrected chi connectivity index (χ0v) is 28.3. The molecule has 18 nitrogen and oxygen atoms in total. The fraction of sp³-hybridized carbons (Fsp3) is 0.281. The van der Waals surface area contributed by atoms with E-state index in [0.717, 1.165) is 31.4 Å². The third kappa shape index (κ3) is 12.2. The highest BCUT2D eigenvalue weighted by molar-refractivity contribution is 7.89. The Balaban J connectivity index is 1.89. The summed E-state index contributed by atoms with van der Waals surface area (Å²) in [4.78, 5) is 60.8. The third-order valence-corrected chi connectivity index (χ3v) is 8.51. The summed E-state index contributed by atoms with van der Waals surface area (Å²) < 4.78 is 49.3. The van der Waals surface area contributed by atoms with E-state index in [1.165, 1.54) is 42.4 Å². The Kier molecular flexibility index (Phi) is 14.5. The van der Waals surface area contributed by atoms with Crippen molar-refractivity contribution in [3.63, 3.8) is 0 Å². The molecule has 0 bridgehead atoms. The van der Waals surface area contributed by atoms with Crippen molar-refractivity contribution in [1.29, 1.82) is 0 Å². The number of nitrogens with zero attached hydrogens (tertiary/aromatic N) is 3. The van der Waals surface area contributed by atoms with Crippen LogP contribution in [0.3, 0.4) is 0 Å². The molecule has 0 aliphatic heterocycles. The third-order valence-electron chi connectivity index (χ3n) is 7.02. The fourth-order valence-corrected chi connectivity index (χ4v) is 5.66. The Morgan fingerprint density at radius 3 is 1.90 bits per heavy atom. The van der Waals surface area contributed by atoms with E-state index >= 15 is 0 Å². The number of carbonyl (C=O) groups is 3. The lowest BCUT2D eigenvalue weighted by Gasteiger charge is -2.30. The van der Waals surface area contributed by atoms with Crippen LogP contribution in [0.1, 0.15) is 11.1 Å². The van der Waals surface area contributed by atoms with Gasteiger partial charge in [0.1, 0.15) is 31.0 Å². The molecular weight excluding hydrogens is 694 g/mol. The second-order valence-electron chi connectivity index (χ2n) is 10.6. The Labute approximate surface area is 292 Å². The summed E-state index contributed by atoms with van der Waals surface area (Å²) in [6.45, 7) is 2.23. The Hall–Kier alpha value is -5.92. The molecule has 0 radical (unpaired) electrons. The van der Waals surface area contributed by atoms with Gasteiger partial charge in [0.05, 0.1) is 29.0 Å². The van der Waals surface area contributed by atoms with Crippen LogP contribution in [0.25, 0.3) is 0 Å². The van der Waals surface area contributed by atoms with Crippen LogP contribution in [0.2, 0.25) is 0 Å². The molecule has 0 fully saturated rings. The predicted molar refractivity (Wildman–Crippen MR) is 179 cm³/mol. The van der Waals surface area contributed by atoms with Gasteiger partial charge in [0, 0.05) is 43.9 Å². The molecule has 3 rings (SSSR count). The lowest BCUT2D eigenvalue weighted by atomic mass is 10.1. The number of ether oxygens (including phenoxy) is 4. The van der Waals surface area contributed by atoms with Crippen LogP contribution in [0, 0.1) is 20.2 Å². The number of benzene rings is 3. The average molecular weight is 730 g/mol. The van der Waals surface area contributed by atoms with Crippen molar-refractivity contribution in [2.45, 2.75) is 30.1 Å². The zero-order chi connectivity index (χ0) is 37.6. The van der Waals surface area contributed by atoms with Crippen molar-refractivity contribution in [1.82, 2.24) is 14.9 Å². The van der Waals surface area contributed by atoms with E-state index in [9.17, 15) is 43.0 Å². The maximum atomic E-state index is 13.3. The number of hydrogen-bond donors (Lipinski definition) is 2. The van der Waals surface area contributed by atoms with Gasteiger partial charge in [-0.2, -0.15) is 4.72 Å². The minimum atomic E-state index is -4.45. The summed E-state index contributed by atoms with van der Waals surface area (Å²) in [5.74, 6) is -1.37. The number of rotatable bonds is 19. The van der Waals surface area contributed by atoms with Crippen molar-refractivity contribution in [2.75, 3.05) is 33.9 Å². The number of esters is 2. The highest BCUT2D eigenvalue weighted by Crippen LogP contribution is 2.18. The number of hydrogen-bond acceptors (Lipinski definition) is 14. The van der Waals surface area contributed by atoms with E-state index < -0.39 is 56.5 Å². The van der Waals surface area contributed by atoms with Gasteiger partial charge < -0.3 is 24.3 Å². The first-order valence-electron chi connectivity index (χ1n) is 14.9. The number of alkyl carbamates (subject to hydrolysis) is 1. The van der Waals surface area contributed by atoms with Gasteiger partial charge in [-0.1, -0.05) is 24.8 Å². The standard InChI is InChI=1S/C32H35N5O13S/c1-4-17-49-31(39)28(33-32(40)50-21-23-5-9-24(10-6-23)36(41)42)19-35(18-22-7-13-26(47-2)14-8-22)20-29(30(38)48-3)34-51(45,46)27-15-11-25(12-16-27)37(43)44/h4-16,28-29,34H,1,17-21H2,2-3H3,(H,33,40)/t28-,29+/m0/s1. The molecule has 0 saturated carbocycles. The van der Waals surface area contributed by atoms with E-state index in [2.05, 4.69) is 16.6 Å². The molecule has 3 aromatic rings. The van der Waals surface area contributed by atoms with Gasteiger partial charge >= 0.3 is 18.0 Å². The number of nitro benzene ring substituents is 2. The first-order valence-corrected chi connectivity index (χ1v) is 16.4. The largest absolute Gasteiger partial charge is 0.497 e. The van der Waals surface area contributed by atoms with Crippen LogP contribution in [-0.4, -0.2) is 87.2 Å². The molecule has 0 aliphatic rings. The first-order chi connectivity index (χ1) is 24.3. The molecule has 0 spiro atoms. The highest BCUT2D eigenvalue weighted by Gasteiger charge is 2.32. The minimum Gasteiger partial charge on any atom is -0.497 e. The number of sulfonamides is 1. The number of nitrogens with one attached hydrogen (secondary N) is 2. The van der Waals surface area contributed by atoms with Crippen molar-refractivity contribution in [3.05, 3.63) is 117 Å². The molecule has 0 aromatic heterocycles. The molecule has 1 amide bonds. The molecule has 3 aromatic carbocycles. The number of nitro groups is 2. The van der Waals surface area contributed by atoms with Crippen LogP contribution in [0.15, 0.2) is 90.3 Å². The summed E-state index contributed by atoms with van der Waals surface area (Å²) >= 11 is 0. The highest BCUT2D eigenvalue weighted by atomic mass is 32.2. The predicted octanol–water partition coefficient (Wildman–Crippen LogP) is 2.86. The molecular formula is C32H35N5O13S. The van der Waals surface area contributed by atoms with Gasteiger partial charge in [0.2, 0.25) is 10.0 Å². The van der Waals surface area contributed by atoms with E-state index in [-0.39, 0.29) is 42.6 Å². The Morgan fingerprint density at radius 1 is 0.824 bits per heavy atom. The molecule has 0 unspecified atom stereocenters. The zero-order valence-electron chi connectivity index (χ0n) is 27.5. The maximum Gasteiger partial charge on any atom is 0.408 e. The average Bonchev–Trinajstić information content (AvgIpc) is 3.12. The van der Waals surface area contributed by atoms with Crippen molar-refractivity contribution in [2.24, 2.45) is 0 Å². The second kappa shape index (κ2) is 18.7. The van der Waals surface area contributed by atoms with Gasteiger partial charge in [-0.3, -0.25) is 29.9 Å². The normalized spacial score (nSPS) is 12.2. The van der Waals surface area contributed by atoms with Crippen molar-refractivity contribution < 1.29 is 51.6 Å². The van der Waals surface area contributed by atoms with Crippen LogP contribution < -0.4 is 14.8 Å². The molecule has 0 heterocycles. The van der Waals surface area contributed by atoms with Gasteiger partial charge in [0.25, 0.3) is 11.4 Å². The van der Waals surface area contributed by atoms with E-state index in [0.29, 0.717) is 16.9 Å². The number of methoxy groups -OCH3 is 2. The van der Waals surface area contributed by atoms with Gasteiger partial charge in [0.15, 0.2) is 0 Å². The maximum absolute atomic E-state index is 13.3. The minimum absolute atomic E-state index is 0.00150. The van der Waals surface area contributed by atoms with Crippen LogP contribution >= 0.6 is 0 Å². The monoisotopic (exact) mass is 729 g/mol. The van der Waals surface area contributed by atoms with Crippen molar-refractivity contribution >= 4 is 39.4 Å². The number of amides is 1. The summed E-state index contributed by atoms with van der Waals surface area (Å²) in [6.07, 6.45) is 0.249. The summed E-state index contributed by atoms with van der Waals surface area (Å²) in [5, 5.41) is 24.4. The molecule has 2 N–H and O–H groups in total. The first kappa shape index (κ1) is 39.5. The lowest BCUT2D eigenvalue weighted by molar-refractivity contribution is -0.385. The quantitative estimate of drug-likeness (QED) is 0.0594. The molecule has 0 saturated heterocycles. The molecule has 272 valence electrons. The molecule has 19 heteroatoms. The Morgan fingerprint density at radius 2 is 1.37 bits per heavy atom. The van der Waals surface area contributed by atoms with E-state index in [1.54, 1.807) is 24.3 Å². The molecule has 51 heavy (non-hydrogen) atoms. The van der Waals surface area contributed by atoms with Gasteiger partial charge in [-0.15, -0.1) is 0 Å². The fourth-order valence-electron chi connectivity index (χ4n) is 4.48. The molecule has 2 atom stereocenters. The summed E-state index contributed by atoms with van der Waals surface area (Å²) in [7, 11) is -1.93. The van der Waals surface area contributed by atoms with Crippen LogP contribution in [0.4, 0.5) is 16.2 Å². The summed E-state index contributed by atoms with van der Waals surface area (Å²) in [6, 6.07) is 12.9. The van der Waals surface area contributed by atoms with Gasteiger partial charge in [-0.25, -0.2) is 18.0 Å². The summed E-state index contributed by atoms with van der Waals surface area (Å²) in [5.41, 5.74) is 0.545. The topological polar surface area (TPSA) is 236 Å². The number of non-ortho nitro benzene ring substituents is 2.